The van der Waals surface area contributed by atoms with Crippen LogP contribution in [-0.2, 0) is 11.2 Å². The minimum Gasteiger partial charge on any atom is -0.352 e. The molecule has 3 nitrogen and oxygen atoms in total. The molecule has 1 aromatic carbocycles. The smallest absolute Gasteiger partial charge is 0.224 e. The predicted molar refractivity (Wildman–Crippen MR) is 81.4 cm³/mol. The molecule has 0 bridgehead atoms. The largest absolute Gasteiger partial charge is 0.352 e. The summed E-state index contributed by atoms with van der Waals surface area (Å²) in [5.41, 5.74) is 0.696. The summed E-state index contributed by atoms with van der Waals surface area (Å²) in [6.45, 7) is 1.87. The maximum Gasteiger partial charge on any atom is 0.224 e. The quantitative estimate of drug-likeness (QED) is 0.898. The van der Waals surface area contributed by atoms with E-state index in [2.05, 4.69) is 10.6 Å². The van der Waals surface area contributed by atoms with Gasteiger partial charge < -0.3 is 10.6 Å². The number of benzene rings is 1. The van der Waals surface area contributed by atoms with Gasteiger partial charge in [0, 0.05) is 22.6 Å². The number of carbonyl (C=O) groups is 1. The normalized spacial score (nSPS) is 18.5. The highest BCUT2D eigenvalue weighted by Crippen LogP contribution is 2.24. The SMILES string of the molecule is Cl.O=C(Cc1c(Cl)cccc1Cl)NC1CCCNC1. The van der Waals surface area contributed by atoms with Crippen molar-refractivity contribution in [2.75, 3.05) is 13.1 Å². The molecule has 106 valence electrons. The van der Waals surface area contributed by atoms with E-state index in [1.165, 1.54) is 0 Å². The molecule has 0 aromatic heterocycles. The Morgan fingerprint density at radius 3 is 2.63 bits per heavy atom. The lowest BCUT2D eigenvalue weighted by Gasteiger charge is -2.24. The van der Waals surface area contributed by atoms with Gasteiger partial charge in [0.2, 0.25) is 5.91 Å². The third-order valence-electron chi connectivity index (χ3n) is 3.06. The summed E-state index contributed by atoms with van der Waals surface area (Å²) in [5, 5.41) is 7.35. The highest BCUT2D eigenvalue weighted by Gasteiger charge is 2.17. The molecule has 0 radical (unpaired) electrons. The second-order valence-electron chi connectivity index (χ2n) is 4.49. The van der Waals surface area contributed by atoms with Crippen LogP contribution < -0.4 is 10.6 Å². The van der Waals surface area contributed by atoms with E-state index >= 15 is 0 Å². The van der Waals surface area contributed by atoms with Crippen LogP contribution in [0.2, 0.25) is 10.0 Å². The van der Waals surface area contributed by atoms with Crippen LogP contribution in [0.25, 0.3) is 0 Å². The fourth-order valence-corrected chi connectivity index (χ4v) is 2.65. The topological polar surface area (TPSA) is 41.1 Å². The molecule has 1 fully saturated rings. The van der Waals surface area contributed by atoms with Crippen molar-refractivity contribution in [2.45, 2.75) is 25.3 Å². The van der Waals surface area contributed by atoms with E-state index in [-0.39, 0.29) is 30.8 Å². The van der Waals surface area contributed by atoms with Crippen LogP contribution in [0.1, 0.15) is 18.4 Å². The van der Waals surface area contributed by atoms with Crippen molar-refractivity contribution in [1.29, 1.82) is 0 Å². The molecule has 0 saturated carbocycles. The summed E-state index contributed by atoms with van der Waals surface area (Å²) >= 11 is 12.1. The Bertz CT molecular complexity index is 414. The number of amides is 1. The van der Waals surface area contributed by atoms with E-state index < -0.39 is 0 Å². The summed E-state index contributed by atoms with van der Waals surface area (Å²) in [6, 6.07) is 5.49. The highest BCUT2D eigenvalue weighted by molar-refractivity contribution is 6.36. The summed E-state index contributed by atoms with van der Waals surface area (Å²) in [5.74, 6) is -0.0290. The maximum absolute atomic E-state index is 11.9. The maximum atomic E-state index is 11.9. The van der Waals surface area contributed by atoms with Crippen LogP contribution >= 0.6 is 35.6 Å². The van der Waals surface area contributed by atoms with Crippen LogP contribution in [0.5, 0.6) is 0 Å². The second-order valence-corrected chi connectivity index (χ2v) is 5.30. The van der Waals surface area contributed by atoms with Gasteiger partial charge in [0.25, 0.3) is 0 Å². The Labute approximate surface area is 129 Å². The van der Waals surface area contributed by atoms with E-state index in [0.717, 1.165) is 25.9 Å². The Morgan fingerprint density at radius 2 is 2.05 bits per heavy atom. The number of halogens is 3. The van der Waals surface area contributed by atoms with Gasteiger partial charge in [0.15, 0.2) is 0 Å². The van der Waals surface area contributed by atoms with Crippen LogP contribution in [0, 0.1) is 0 Å². The summed E-state index contributed by atoms with van der Waals surface area (Å²) in [7, 11) is 0. The molecular weight excluding hydrogens is 307 g/mol. The average Bonchev–Trinajstić information content (AvgIpc) is 2.35. The number of carbonyl (C=O) groups excluding carboxylic acids is 1. The summed E-state index contributed by atoms with van der Waals surface area (Å²) < 4.78 is 0. The zero-order chi connectivity index (χ0) is 13.0. The van der Waals surface area contributed by atoms with E-state index in [0.29, 0.717) is 15.6 Å². The first-order chi connectivity index (χ1) is 8.66. The Morgan fingerprint density at radius 1 is 1.37 bits per heavy atom. The summed E-state index contributed by atoms with van der Waals surface area (Å²) in [6.07, 6.45) is 2.35. The van der Waals surface area contributed by atoms with Gasteiger partial charge in [-0.3, -0.25) is 4.79 Å². The molecule has 1 heterocycles. The zero-order valence-electron chi connectivity index (χ0n) is 10.4. The molecule has 19 heavy (non-hydrogen) atoms. The summed E-state index contributed by atoms with van der Waals surface area (Å²) in [4.78, 5) is 11.9. The number of rotatable bonds is 3. The van der Waals surface area contributed by atoms with Gasteiger partial charge >= 0.3 is 0 Å². The highest BCUT2D eigenvalue weighted by atomic mass is 35.5. The molecule has 1 amide bonds. The lowest BCUT2D eigenvalue weighted by Crippen LogP contribution is -2.46. The predicted octanol–water partition coefficient (Wildman–Crippen LogP) is 2.83. The lowest BCUT2D eigenvalue weighted by atomic mass is 10.1. The molecule has 0 spiro atoms. The van der Waals surface area contributed by atoms with Crippen molar-refractivity contribution in [1.82, 2.24) is 10.6 Å². The molecule has 1 saturated heterocycles. The Hall–Kier alpha value is -0.480. The molecule has 1 aliphatic heterocycles. The van der Waals surface area contributed by atoms with Crippen LogP contribution in [0.3, 0.4) is 0 Å². The monoisotopic (exact) mass is 322 g/mol. The molecule has 1 aliphatic rings. The molecule has 1 unspecified atom stereocenters. The molecule has 1 aromatic rings. The van der Waals surface area contributed by atoms with Crippen molar-refractivity contribution >= 4 is 41.5 Å². The van der Waals surface area contributed by atoms with E-state index in [9.17, 15) is 4.79 Å². The molecule has 2 rings (SSSR count). The van der Waals surface area contributed by atoms with Crippen molar-refractivity contribution in [3.8, 4) is 0 Å². The van der Waals surface area contributed by atoms with Crippen LogP contribution in [-0.4, -0.2) is 25.0 Å². The van der Waals surface area contributed by atoms with Crippen LogP contribution in [0.15, 0.2) is 18.2 Å². The molecule has 2 N–H and O–H groups in total. The van der Waals surface area contributed by atoms with Crippen molar-refractivity contribution in [3.63, 3.8) is 0 Å². The number of piperidine rings is 1. The molecular formula is C13H17Cl3N2O. The zero-order valence-corrected chi connectivity index (χ0v) is 12.7. The van der Waals surface area contributed by atoms with E-state index in [4.69, 9.17) is 23.2 Å². The number of nitrogens with one attached hydrogen (secondary N) is 2. The van der Waals surface area contributed by atoms with E-state index in [1.807, 2.05) is 0 Å². The molecule has 6 heteroatoms. The van der Waals surface area contributed by atoms with Crippen molar-refractivity contribution < 1.29 is 4.79 Å². The molecule has 0 aliphatic carbocycles. The third-order valence-corrected chi connectivity index (χ3v) is 3.77. The van der Waals surface area contributed by atoms with E-state index in [1.54, 1.807) is 18.2 Å². The third kappa shape index (κ3) is 4.84. The molecule has 1 atom stereocenters. The van der Waals surface area contributed by atoms with Gasteiger partial charge in [-0.15, -0.1) is 12.4 Å². The first kappa shape index (κ1) is 16.6. The van der Waals surface area contributed by atoms with Gasteiger partial charge in [-0.2, -0.15) is 0 Å². The Kier molecular flexibility index (Phi) is 6.94. The first-order valence-electron chi connectivity index (χ1n) is 6.10. The van der Waals surface area contributed by atoms with Gasteiger partial charge in [0.05, 0.1) is 6.42 Å². The minimum absolute atomic E-state index is 0. The second kappa shape index (κ2) is 7.95. The fourth-order valence-electron chi connectivity index (χ4n) is 2.12. The van der Waals surface area contributed by atoms with Gasteiger partial charge in [-0.1, -0.05) is 29.3 Å². The number of hydrogen-bond acceptors (Lipinski definition) is 2. The lowest BCUT2D eigenvalue weighted by molar-refractivity contribution is -0.121. The van der Waals surface area contributed by atoms with Crippen molar-refractivity contribution in [2.24, 2.45) is 0 Å². The Balaban J connectivity index is 0.00000180. The first-order valence-corrected chi connectivity index (χ1v) is 6.85. The fraction of sp³-hybridized carbons (Fsp3) is 0.462. The van der Waals surface area contributed by atoms with Gasteiger partial charge in [0.1, 0.15) is 0 Å². The average molecular weight is 324 g/mol. The number of hydrogen-bond donors (Lipinski definition) is 2. The van der Waals surface area contributed by atoms with Gasteiger partial charge in [-0.05, 0) is 37.1 Å². The van der Waals surface area contributed by atoms with Crippen LogP contribution in [0.4, 0.5) is 0 Å². The van der Waals surface area contributed by atoms with Gasteiger partial charge in [-0.25, -0.2) is 0 Å². The van der Waals surface area contributed by atoms with Crippen molar-refractivity contribution in [3.05, 3.63) is 33.8 Å². The minimum atomic E-state index is -0.0290. The standard InChI is InChI=1S/C13H16Cl2N2O.ClH/c14-11-4-1-5-12(15)10(11)7-13(18)17-9-3-2-6-16-8-9;/h1,4-5,9,16H,2-3,6-8H2,(H,17,18);1H.